The van der Waals surface area contributed by atoms with Crippen LogP contribution in [-0.4, -0.2) is 11.4 Å². The largest absolute Gasteiger partial charge is 0.423 e. The Morgan fingerprint density at radius 1 is 1.22 bits per heavy atom. The Morgan fingerprint density at radius 3 is 2.91 bits per heavy atom. The fourth-order valence-electron chi connectivity index (χ4n) is 3.30. The van der Waals surface area contributed by atoms with Crippen molar-refractivity contribution in [2.45, 2.75) is 33.4 Å². The van der Waals surface area contributed by atoms with Gasteiger partial charge in [-0.25, -0.2) is 4.79 Å². The maximum Gasteiger partial charge on any atom is 0.336 e. The van der Waals surface area contributed by atoms with Gasteiger partial charge < -0.3 is 4.42 Å². The van der Waals surface area contributed by atoms with Crippen molar-refractivity contribution in [3.63, 3.8) is 0 Å². The first-order valence-corrected chi connectivity index (χ1v) is 8.80. The molecular formula is C19H19NO2S. The van der Waals surface area contributed by atoms with Crippen LogP contribution in [-0.2, 0) is 19.5 Å². The van der Waals surface area contributed by atoms with E-state index < -0.39 is 0 Å². The molecule has 23 heavy (non-hydrogen) atoms. The fourth-order valence-corrected chi connectivity index (χ4v) is 4.19. The third-order valence-corrected chi connectivity index (χ3v) is 5.75. The van der Waals surface area contributed by atoms with Crippen molar-refractivity contribution < 1.29 is 4.42 Å². The molecule has 3 aromatic rings. The summed E-state index contributed by atoms with van der Waals surface area (Å²) in [5.41, 5.74) is 5.32. The van der Waals surface area contributed by atoms with Crippen molar-refractivity contribution >= 4 is 22.3 Å². The van der Waals surface area contributed by atoms with Crippen LogP contribution in [0.4, 0.5) is 0 Å². The first kappa shape index (κ1) is 14.7. The average Bonchev–Trinajstić information content (AvgIpc) is 2.97. The smallest absolute Gasteiger partial charge is 0.336 e. The van der Waals surface area contributed by atoms with Crippen LogP contribution in [0.1, 0.15) is 27.1 Å². The van der Waals surface area contributed by atoms with E-state index in [-0.39, 0.29) is 5.63 Å². The molecule has 4 rings (SSSR count). The van der Waals surface area contributed by atoms with Crippen LogP contribution in [0, 0.1) is 13.8 Å². The summed E-state index contributed by atoms with van der Waals surface area (Å²) < 4.78 is 5.40. The van der Waals surface area contributed by atoms with E-state index in [1.807, 2.05) is 24.3 Å². The van der Waals surface area contributed by atoms with E-state index in [4.69, 9.17) is 4.42 Å². The molecule has 1 aliphatic heterocycles. The molecule has 0 radical (unpaired) electrons. The van der Waals surface area contributed by atoms with Crippen molar-refractivity contribution in [3.8, 4) is 0 Å². The number of benzene rings is 1. The molecule has 1 aromatic carbocycles. The molecule has 0 unspecified atom stereocenters. The van der Waals surface area contributed by atoms with Gasteiger partial charge in [0.2, 0.25) is 0 Å². The molecule has 0 fully saturated rings. The van der Waals surface area contributed by atoms with Gasteiger partial charge in [-0.05, 0) is 66.1 Å². The van der Waals surface area contributed by atoms with Gasteiger partial charge >= 0.3 is 5.63 Å². The lowest BCUT2D eigenvalue weighted by atomic mass is 10.0. The highest BCUT2D eigenvalue weighted by Gasteiger charge is 2.18. The summed E-state index contributed by atoms with van der Waals surface area (Å²) in [5.74, 6) is 0. The molecule has 2 aromatic heterocycles. The summed E-state index contributed by atoms with van der Waals surface area (Å²) in [6.45, 7) is 6.94. The topological polar surface area (TPSA) is 33.5 Å². The lowest BCUT2D eigenvalue weighted by molar-refractivity contribution is 0.248. The normalized spacial score (nSPS) is 15.0. The quantitative estimate of drug-likeness (QED) is 0.667. The molecule has 1 aliphatic rings. The molecule has 0 bridgehead atoms. The lowest BCUT2D eigenvalue weighted by Crippen LogP contribution is -2.29. The van der Waals surface area contributed by atoms with Gasteiger partial charge in [0.25, 0.3) is 0 Å². The molecule has 3 heterocycles. The van der Waals surface area contributed by atoms with E-state index in [1.165, 1.54) is 16.0 Å². The van der Waals surface area contributed by atoms with E-state index in [0.29, 0.717) is 5.58 Å². The molecule has 118 valence electrons. The first-order chi connectivity index (χ1) is 11.1. The first-order valence-electron chi connectivity index (χ1n) is 7.92. The molecule has 0 aliphatic carbocycles. The van der Waals surface area contributed by atoms with Crippen LogP contribution >= 0.6 is 11.3 Å². The summed E-state index contributed by atoms with van der Waals surface area (Å²) >= 11 is 1.85. The third kappa shape index (κ3) is 2.73. The zero-order valence-corrected chi connectivity index (χ0v) is 14.2. The van der Waals surface area contributed by atoms with E-state index >= 15 is 0 Å². The third-order valence-electron chi connectivity index (χ3n) is 4.73. The molecule has 3 nitrogen and oxygen atoms in total. The monoisotopic (exact) mass is 325 g/mol. The molecule has 0 N–H and O–H groups in total. The van der Waals surface area contributed by atoms with Gasteiger partial charge in [-0.1, -0.05) is 0 Å². The zero-order valence-electron chi connectivity index (χ0n) is 13.4. The fraction of sp³-hybridized carbons (Fsp3) is 0.316. The van der Waals surface area contributed by atoms with Gasteiger partial charge in [-0.3, -0.25) is 4.90 Å². The van der Waals surface area contributed by atoms with Gasteiger partial charge in [0, 0.05) is 36.0 Å². The minimum Gasteiger partial charge on any atom is -0.423 e. The molecule has 0 spiro atoms. The Kier molecular flexibility index (Phi) is 3.58. The van der Waals surface area contributed by atoms with E-state index in [9.17, 15) is 4.79 Å². The second kappa shape index (κ2) is 5.62. The number of rotatable bonds is 2. The van der Waals surface area contributed by atoms with Gasteiger partial charge in [-0.15, -0.1) is 11.3 Å². The number of aryl methyl sites for hydroxylation is 2. The molecule has 0 saturated heterocycles. The SMILES string of the molecule is Cc1cc2oc(=O)cc(CN3CCc4sccc4C3)c2cc1C. The van der Waals surface area contributed by atoms with E-state index in [0.717, 1.165) is 42.6 Å². The summed E-state index contributed by atoms with van der Waals surface area (Å²) in [6.07, 6.45) is 1.10. The van der Waals surface area contributed by atoms with E-state index in [1.54, 1.807) is 6.07 Å². The van der Waals surface area contributed by atoms with Crippen molar-refractivity contribution in [2.75, 3.05) is 6.54 Å². The van der Waals surface area contributed by atoms with Crippen LogP contribution in [0.15, 0.2) is 38.9 Å². The highest BCUT2D eigenvalue weighted by Crippen LogP contribution is 2.27. The highest BCUT2D eigenvalue weighted by molar-refractivity contribution is 7.10. The van der Waals surface area contributed by atoms with Crippen molar-refractivity contribution in [3.05, 3.63) is 67.2 Å². The van der Waals surface area contributed by atoms with Crippen LogP contribution in [0.3, 0.4) is 0 Å². The number of hydrogen-bond donors (Lipinski definition) is 0. The second-order valence-electron chi connectivity index (χ2n) is 6.35. The van der Waals surface area contributed by atoms with Crippen LogP contribution < -0.4 is 5.63 Å². The number of fused-ring (bicyclic) bond motifs is 2. The predicted octanol–water partition coefficient (Wildman–Crippen LogP) is 4.03. The van der Waals surface area contributed by atoms with Crippen LogP contribution in [0.25, 0.3) is 11.0 Å². The van der Waals surface area contributed by atoms with Crippen LogP contribution in [0.5, 0.6) is 0 Å². The molecular weight excluding hydrogens is 306 g/mol. The molecule has 0 atom stereocenters. The number of hydrogen-bond acceptors (Lipinski definition) is 4. The Labute approximate surface area is 139 Å². The number of thiophene rings is 1. The number of nitrogens with zero attached hydrogens (tertiary/aromatic N) is 1. The van der Waals surface area contributed by atoms with Gasteiger partial charge in [-0.2, -0.15) is 0 Å². The minimum atomic E-state index is -0.260. The maximum atomic E-state index is 11.9. The van der Waals surface area contributed by atoms with Crippen LogP contribution in [0.2, 0.25) is 0 Å². The van der Waals surface area contributed by atoms with Crippen molar-refractivity contribution in [1.82, 2.24) is 4.90 Å². The summed E-state index contributed by atoms with van der Waals surface area (Å²) in [5, 5.41) is 3.23. The zero-order chi connectivity index (χ0) is 16.0. The highest BCUT2D eigenvalue weighted by atomic mass is 32.1. The van der Waals surface area contributed by atoms with Gasteiger partial charge in [0.15, 0.2) is 0 Å². The van der Waals surface area contributed by atoms with Crippen molar-refractivity contribution in [1.29, 1.82) is 0 Å². The lowest BCUT2D eigenvalue weighted by Gasteiger charge is -2.27. The van der Waals surface area contributed by atoms with Gasteiger partial charge in [0.05, 0.1) is 0 Å². The van der Waals surface area contributed by atoms with Gasteiger partial charge in [0.1, 0.15) is 5.58 Å². The minimum absolute atomic E-state index is 0.260. The van der Waals surface area contributed by atoms with Crippen molar-refractivity contribution in [2.24, 2.45) is 0 Å². The molecule has 0 saturated carbocycles. The summed E-state index contributed by atoms with van der Waals surface area (Å²) in [4.78, 5) is 15.8. The second-order valence-corrected chi connectivity index (χ2v) is 7.35. The maximum absolute atomic E-state index is 11.9. The Balaban J connectivity index is 1.72. The Hall–Kier alpha value is -1.91. The molecule has 0 amide bonds. The summed E-state index contributed by atoms with van der Waals surface area (Å²) in [6, 6.07) is 7.99. The van der Waals surface area contributed by atoms with E-state index in [2.05, 4.69) is 29.3 Å². The summed E-state index contributed by atoms with van der Waals surface area (Å²) in [7, 11) is 0. The molecule has 4 heteroatoms. The standard InChI is InChI=1S/C19H19NO2S/c1-12-7-16-15(9-19(21)22-17(16)8-13(12)2)11-20-5-3-18-14(10-20)4-6-23-18/h4,6-9H,3,5,10-11H2,1-2H3. The average molecular weight is 325 g/mol. The Morgan fingerprint density at radius 2 is 2.04 bits per heavy atom. The predicted molar refractivity (Wildman–Crippen MR) is 94.1 cm³/mol. The Bertz CT molecular complexity index is 938.